The van der Waals surface area contributed by atoms with Gasteiger partial charge in [0.1, 0.15) is 11.2 Å². The van der Waals surface area contributed by atoms with E-state index in [0.29, 0.717) is 18.7 Å². The predicted molar refractivity (Wildman–Crippen MR) is 117 cm³/mol. The average molecular weight is 422 g/mol. The number of nitrogens with zero attached hydrogens (tertiary/aromatic N) is 3. The van der Waals surface area contributed by atoms with Gasteiger partial charge in [-0.05, 0) is 30.9 Å². The summed E-state index contributed by atoms with van der Waals surface area (Å²) in [5.74, 6) is -0.366. The Morgan fingerprint density at radius 3 is 2.55 bits per heavy atom. The lowest BCUT2D eigenvalue weighted by molar-refractivity contribution is 0.0418. The van der Waals surface area contributed by atoms with Crippen molar-refractivity contribution >= 4 is 16.9 Å². The quantitative estimate of drug-likeness (QED) is 0.669. The van der Waals surface area contributed by atoms with Crippen molar-refractivity contribution in [3.8, 4) is 0 Å². The first-order valence-electron chi connectivity index (χ1n) is 10.3. The lowest BCUT2D eigenvalue weighted by Crippen LogP contribution is -2.36. The number of likely N-dealkylation sites (tertiary alicyclic amines) is 1. The SMILES string of the molecule is Cc1ccc([C@]2(O)CCN(C(=O)c3cc(C(C)C)nc4c3c(=O)[nH]c(=O)n4C)C2)cc1. The van der Waals surface area contributed by atoms with Crippen molar-refractivity contribution < 1.29 is 9.90 Å². The number of β-amino-alcohol motifs (C(OH)–C–C–N with tert-alkyl or cyclic N) is 1. The van der Waals surface area contributed by atoms with Crippen molar-refractivity contribution in [2.45, 2.75) is 38.7 Å². The molecule has 1 aliphatic rings. The van der Waals surface area contributed by atoms with Crippen LogP contribution in [-0.4, -0.2) is 43.5 Å². The number of aromatic nitrogens is 3. The van der Waals surface area contributed by atoms with Crippen LogP contribution in [0.2, 0.25) is 0 Å². The standard InChI is InChI=1S/C23H26N4O4/c1-13(2)17-11-16(18-19(24-17)26(4)22(30)25-20(18)28)21(29)27-10-9-23(31,12-27)15-7-5-14(3)6-8-15/h5-8,11,13,31H,9-10,12H2,1-4H3,(H,25,28,30)/t23-/m0/s1. The number of H-pyrrole nitrogens is 1. The van der Waals surface area contributed by atoms with Crippen LogP contribution in [-0.2, 0) is 12.6 Å². The minimum atomic E-state index is -1.15. The topological polar surface area (TPSA) is 108 Å². The van der Waals surface area contributed by atoms with Gasteiger partial charge in [-0.25, -0.2) is 9.78 Å². The fraction of sp³-hybridized carbons (Fsp3) is 0.391. The van der Waals surface area contributed by atoms with E-state index in [-0.39, 0.29) is 35.0 Å². The minimum Gasteiger partial charge on any atom is -0.383 e. The number of benzene rings is 1. The van der Waals surface area contributed by atoms with E-state index in [0.717, 1.165) is 11.1 Å². The number of aromatic amines is 1. The summed E-state index contributed by atoms with van der Waals surface area (Å²) in [7, 11) is 1.51. The molecule has 8 heteroatoms. The molecule has 1 aliphatic heterocycles. The van der Waals surface area contributed by atoms with Gasteiger partial charge >= 0.3 is 5.69 Å². The summed E-state index contributed by atoms with van der Waals surface area (Å²) in [6.07, 6.45) is 0.400. The number of aryl methyl sites for hydroxylation is 2. The zero-order valence-electron chi connectivity index (χ0n) is 18.1. The summed E-state index contributed by atoms with van der Waals surface area (Å²) in [5.41, 5.74) is 0.464. The molecule has 8 nitrogen and oxygen atoms in total. The lowest BCUT2D eigenvalue weighted by atomic mass is 9.92. The molecule has 3 aromatic rings. The number of pyridine rings is 1. The Morgan fingerprint density at radius 2 is 1.90 bits per heavy atom. The molecule has 0 aliphatic carbocycles. The van der Waals surface area contributed by atoms with Crippen LogP contribution in [0, 0.1) is 6.92 Å². The smallest absolute Gasteiger partial charge is 0.329 e. The van der Waals surface area contributed by atoms with E-state index in [1.807, 2.05) is 45.0 Å². The minimum absolute atomic E-state index is 0.00610. The summed E-state index contributed by atoms with van der Waals surface area (Å²) in [5, 5.41) is 11.3. The highest BCUT2D eigenvalue weighted by molar-refractivity contribution is 6.05. The van der Waals surface area contributed by atoms with Gasteiger partial charge in [-0.2, -0.15) is 0 Å². The Bertz CT molecular complexity index is 1290. The fourth-order valence-corrected chi connectivity index (χ4v) is 4.06. The molecule has 3 heterocycles. The van der Waals surface area contributed by atoms with E-state index in [9.17, 15) is 19.5 Å². The van der Waals surface area contributed by atoms with Crippen molar-refractivity contribution in [3.63, 3.8) is 0 Å². The summed E-state index contributed by atoms with van der Waals surface area (Å²) >= 11 is 0. The number of amides is 1. The van der Waals surface area contributed by atoms with Crippen LogP contribution in [0.3, 0.4) is 0 Å². The Balaban J connectivity index is 1.79. The van der Waals surface area contributed by atoms with Crippen molar-refractivity contribution in [1.82, 2.24) is 19.4 Å². The maximum Gasteiger partial charge on any atom is 0.329 e. The van der Waals surface area contributed by atoms with Crippen LogP contribution < -0.4 is 11.2 Å². The number of fused-ring (bicyclic) bond motifs is 1. The van der Waals surface area contributed by atoms with E-state index >= 15 is 0 Å². The lowest BCUT2D eigenvalue weighted by Gasteiger charge is -2.24. The van der Waals surface area contributed by atoms with E-state index in [1.54, 1.807) is 11.0 Å². The number of carbonyl (C=O) groups is 1. The molecule has 0 spiro atoms. The maximum atomic E-state index is 13.5. The molecule has 162 valence electrons. The summed E-state index contributed by atoms with van der Waals surface area (Å²) in [6, 6.07) is 9.25. The largest absolute Gasteiger partial charge is 0.383 e. The average Bonchev–Trinajstić information content (AvgIpc) is 3.14. The normalized spacial score (nSPS) is 18.8. The molecule has 0 unspecified atom stereocenters. The predicted octanol–water partition coefficient (Wildman–Crippen LogP) is 1.79. The molecule has 1 aromatic carbocycles. The second-order valence-corrected chi connectivity index (χ2v) is 8.64. The molecule has 0 radical (unpaired) electrons. The molecule has 1 fully saturated rings. The molecule has 0 saturated carbocycles. The second kappa shape index (κ2) is 7.46. The molecular formula is C23H26N4O4. The third-order valence-corrected chi connectivity index (χ3v) is 6.04. The van der Waals surface area contributed by atoms with Crippen LogP contribution in [0.25, 0.3) is 11.0 Å². The summed E-state index contributed by atoms with van der Waals surface area (Å²) < 4.78 is 1.24. The highest BCUT2D eigenvalue weighted by Gasteiger charge is 2.40. The highest BCUT2D eigenvalue weighted by Crippen LogP contribution is 2.33. The van der Waals surface area contributed by atoms with Gasteiger partial charge in [-0.1, -0.05) is 43.7 Å². The number of nitrogens with one attached hydrogen (secondary N) is 1. The van der Waals surface area contributed by atoms with Gasteiger partial charge in [-0.15, -0.1) is 0 Å². The van der Waals surface area contributed by atoms with Gasteiger partial charge in [0.25, 0.3) is 11.5 Å². The molecule has 0 bridgehead atoms. The number of hydrogen-bond donors (Lipinski definition) is 2. The van der Waals surface area contributed by atoms with Crippen LogP contribution in [0.4, 0.5) is 0 Å². The second-order valence-electron chi connectivity index (χ2n) is 8.64. The van der Waals surface area contributed by atoms with Crippen molar-refractivity contribution in [1.29, 1.82) is 0 Å². The first-order valence-corrected chi connectivity index (χ1v) is 10.3. The van der Waals surface area contributed by atoms with Gasteiger partial charge in [0.15, 0.2) is 0 Å². The molecule has 1 saturated heterocycles. The number of carbonyl (C=O) groups excluding carboxylic acids is 1. The molecule has 1 atom stereocenters. The van der Waals surface area contributed by atoms with Crippen molar-refractivity contribution in [2.24, 2.45) is 7.05 Å². The number of rotatable bonds is 3. The first-order chi connectivity index (χ1) is 14.6. The Morgan fingerprint density at radius 1 is 1.23 bits per heavy atom. The Labute approximate surface area is 179 Å². The number of aliphatic hydroxyl groups is 1. The molecule has 31 heavy (non-hydrogen) atoms. The zero-order valence-corrected chi connectivity index (χ0v) is 18.1. The van der Waals surface area contributed by atoms with Gasteiger partial charge in [0.05, 0.1) is 17.5 Å². The highest BCUT2D eigenvalue weighted by atomic mass is 16.3. The van der Waals surface area contributed by atoms with E-state index in [1.165, 1.54) is 11.6 Å². The van der Waals surface area contributed by atoms with Gasteiger partial charge in [-0.3, -0.25) is 19.1 Å². The molecule has 1 amide bonds. The van der Waals surface area contributed by atoms with E-state index in [4.69, 9.17) is 0 Å². The van der Waals surface area contributed by atoms with Crippen LogP contribution in [0.1, 0.15) is 53.4 Å². The van der Waals surface area contributed by atoms with Crippen LogP contribution >= 0.6 is 0 Å². The van der Waals surface area contributed by atoms with E-state index in [2.05, 4.69) is 9.97 Å². The number of hydrogen-bond acceptors (Lipinski definition) is 5. The van der Waals surface area contributed by atoms with Gasteiger partial charge < -0.3 is 10.0 Å². The Hall–Kier alpha value is -3.26. The summed E-state index contributed by atoms with van der Waals surface area (Å²) in [6.45, 7) is 6.32. The molecule has 2 aromatic heterocycles. The third-order valence-electron chi connectivity index (χ3n) is 6.04. The Kier molecular flexibility index (Phi) is 5.05. The summed E-state index contributed by atoms with van der Waals surface area (Å²) in [4.78, 5) is 46.5. The third kappa shape index (κ3) is 3.57. The van der Waals surface area contributed by atoms with Gasteiger partial charge in [0, 0.05) is 19.3 Å². The molecular weight excluding hydrogens is 396 g/mol. The fourth-order valence-electron chi connectivity index (χ4n) is 4.06. The van der Waals surface area contributed by atoms with Gasteiger partial charge in [0.2, 0.25) is 0 Å². The molecule has 4 rings (SSSR count). The van der Waals surface area contributed by atoms with Crippen LogP contribution in [0.15, 0.2) is 39.9 Å². The maximum absolute atomic E-state index is 13.5. The monoisotopic (exact) mass is 422 g/mol. The van der Waals surface area contributed by atoms with Crippen molar-refractivity contribution in [3.05, 3.63) is 73.6 Å². The van der Waals surface area contributed by atoms with E-state index < -0.39 is 16.9 Å². The molecule has 2 N–H and O–H groups in total. The first kappa shape index (κ1) is 21.0. The van der Waals surface area contributed by atoms with Crippen LogP contribution in [0.5, 0.6) is 0 Å². The van der Waals surface area contributed by atoms with Crippen molar-refractivity contribution in [2.75, 3.05) is 13.1 Å². The zero-order chi connectivity index (χ0) is 22.5.